The fraction of sp³-hybridized carbons (Fsp3) is 0.286. The molecule has 112 valence electrons. The second kappa shape index (κ2) is 6.74. The van der Waals surface area contributed by atoms with Gasteiger partial charge in [0.2, 0.25) is 0 Å². The zero-order valence-corrected chi connectivity index (χ0v) is 14.2. The summed E-state index contributed by atoms with van der Waals surface area (Å²) in [6, 6.07) is 4.18. The van der Waals surface area contributed by atoms with Gasteiger partial charge in [0.05, 0.1) is 10.1 Å². The molecule has 0 spiro atoms. The Morgan fingerprint density at radius 2 is 2.05 bits per heavy atom. The second-order valence-corrected chi connectivity index (χ2v) is 6.18. The number of hydrogen-bond donors (Lipinski definition) is 0. The quantitative estimate of drug-likeness (QED) is 0.711. The summed E-state index contributed by atoms with van der Waals surface area (Å²) in [5.41, 5.74) is -0.595. The van der Waals surface area contributed by atoms with Crippen LogP contribution in [-0.2, 0) is 13.1 Å². The lowest BCUT2D eigenvalue weighted by atomic mass is 10.2. The van der Waals surface area contributed by atoms with Crippen molar-refractivity contribution in [2.24, 2.45) is 0 Å². The van der Waals surface area contributed by atoms with Crippen LogP contribution in [-0.4, -0.2) is 9.13 Å². The van der Waals surface area contributed by atoms with Crippen LogP contribution in [0.5, 0.6) is 0 Å². The van der Waals surface area contributed by atoms with Crippen LogP contribution in [0.15, 0.2) is 34.0 Å². The van der Waals surface area contributed by atoms with Gasteiger partial charge >= 0.3 is 5.69 Å². The Bertz CT molecular complexity index is 786. The van der Waals surface area contributed by atoms with Crippen LogP contribution in [0.3, 0.4) is 0 Å². The molecule has 0 N–H and O–H groups in total. The van der Waals surface area contributed by atoms with Gasteiger partial charge in [-0.1, -0.05) is 24.6 Å². The van der Waals surface area contributed by atoms with E-state index in [1.807, 2.05) is 29.5 Å². The fourth-order valence-corrected chi connectivity index (χ4v) is 2.77. The van der Waals surface area contributed by atoms with Gasteiger partial charge in [0, 0.05) is 23.3 Å². The van der Waals surface area contributed by atoms with E-state index in [0.717, 1.165) is 11.0 Å². The summed E-state index contributed by atoms with van der Waals surface area (Å²) >= 11 is 7.58. The average molecular weight is 423 g/mol. The first-order valence-electron chi connectivity index (χ1n) is 6.37. The maximum atomic E-state index is 13.8. The third-order valence-corrected chi connectivity index (χ3v) is 3.98. The summed E-state index contributed by atoms with van der Waals surface area (Å²) in [7, 11) is 0. The molecule has 0 aliphatic carbocycles. The molecule has 0 aliphatic rings. The summed E-state index contributed by atoms with van der Waals surface area (Å²) in [6.07, 6.45) is 2.30. The Balaban J connectivity index is 2.53. The van der Waals surface area contributed by atoms with Crippen molar-refractivity contribution < 1.29 is 4.39 Å². The van der Waals surface area contributed by atoms with Crippen LogP contribution in [0, 0.1) is 9.39 Å². The highest BCUT2D eigenvalue weighted by Crippen LogP contribution is 2.14. The van der Waals surface area contributed by atoms with Crippen LogP contribution >= 0.6 is 34.2 Å². The molecular weight excluding hydrogens is 410 g/mol. The zero-order valence-electron chi connectivity index (χ0n) is 11.3. The van der Waals surface area contributed by atoms with E-state index in [1.54, 1.807) is 0 Å². The smallest absolute Gasteiger partial charge is 0.299 e. The molecule has 0 unspecified atom stereocenters. The minimum Gasteiger partial charge on any atom is -0.299 e. The fourth-order valence-electron chi connectivity index (χ4n) is 1.98. The Morgan fingerprint density at radius 1 is 1.33 bits per heavy atom. The molecule has 4 nitrogen and oxygen atoms in total. The molecule has 2 aromatic rings. The number of aromatic nitrogens is 2. The van der Waals surface area contributed by atoms with Crippen LogP contribution in [0.1, 0.15) is 18.9 Å². The molecule has 0 amide bonds. The molecule has 0 saturated carbocycles. The lowest BCUT2D eigenvalue weighted by Gasteiger charge is -2.11. The topological polar surface area (TPSA) is 44.0 Å². The number of hydrogen-bond acceptors (Lipinski definition) is 2. The minimum atomic E-state index is -0.533. The molecule has 1 aromatic carbocycles. The number of rotatable bonds is 4. The zero-order chi connectivity index (χ0) is 15.6. The largest absolute Gasteiger partial charge is 0.331 e. The predicted octanol–water partition coefficient (Wildman–Crippen LogP) is 2.87. The highest BCUT2D eigenvalue weighted by atomic mass is 127. The molecule has 0 radical (unpaired) electrons. The molecule has 2 rings (SSSR count). The molecular formula is C14H13ClFIN2O2. The number of aryl methyl sites for hydroxylation is 1. The lowest BCUT2D eigenvalue weighted by Crippen LogP contribution is -2.41. The van der Waals surface area contributed by atoms with E-state index in [0.29, 0.717) is 10.1 Å². The van der Waals surface area contributed by atoms with Gasteiger partial charge in [-0.05, 0) is 41.1 Å². The van der Waals surface area contributed by atoms with Crippen molar-refractivity contribution in [3.05, 3.63) is 65.2 Å². The van der Waals surface area contributed by atoms with Gasteiger partial charge < -0.3 is 0 Å². The molecule has 1 heterocycles. The number of nitrogens with zero attached hydrogens (tertiary/aromatic N) is 2. The predicted molar refractivity (Wildman–Crippen MR) is 88.5 cm³/mol. The van der Waals surface area contributed by atoms with Gasteiger partial charge in [-0.25, -0.2) is 9.18 Å². The Kier molecular flexibility index (Phi) is 5.21. The van der Waals surface area contributed by atoms with Crippen molar-refractivity contribution in [2.45, 2.75) is 26.4 Å². The summed E-state index contributed by atoms with van der Waals surface area (Å²) < 4.78 is 16.8. The first-order valence-corrected chi connectivity index (χ1v) is 7.83. The van der Waals surface area contributed by atoms with Gasteiger partial charge in [-0.2, -0.15) is 0 Å². The van der Waals surface area contributed by atoms with Gasteiger partial charge in [0.15, 0.2) is 0 Å². The summed E-state index contributed by atoms with van der Waals surface area (Å²) in [6.45, 7) is 2.34. The van der Waals surface area contributed by atoms with E-state index < -0.39 is 17.1 Å². The molecule has 0 atom stereocenters. The molecule has 7 heteroatoms. The third kappa shape index (κ3) is 3.55. The van der Waals surface area contributed by atoms with Gasteiger partial charge in [-0.3, -0.25) is 13.9 Å². The van der Waals surface area contributed by atoms with Crippen molar-refractivity contribution >= 4 is 34.2 Å². The maximum absolute atomic E-state index is 13.8. The van der Waals surface area contributed by atoms with E-state index >= 15 is 0 Å². The Morgan fingerprint density at radius 3 is 2.67 bits per heavy atom. The van der Waals surface area contributed by atoms with Crippen molar-refractivity contribution in [1.82, 2.24) is 9.13 Å². The third-order valence-electron chi connectivity index (χ3n) is 3.00. The van der Waals surface area contributed by atoms with Crippen molar-refractivity contribution in [3.63, 3.8) is 0 Å². The molecule has 0 saturated heterocycles. The van der Waals surface area contributed by atoms with Crippen molar-refractivity contribution in [3.8, 4) is 0 Å². The summed E-state index contributed by atoms with van der Waals surface area (Å²) in [5, 5.41) is 0.273. The van der Waals surface area contributed by atoms with Gasteiger partial charge in [0.1, 0.15) is 5.82 Å². The van der Waals surface area contributed by atoms with Gasteiger partial charge in [-0.15, -0.1) is 0 Å². The van der Waals surface area contributed by atoms with Crippen LogP contribution in [0.2, 0.25) is 5.02 Å². The second-order valence-electron chi connectivity index (χ2n) is 4.58. The number of benzene rings is 1. The molecule has 0 aliphatic heterocycles. The molecule has 0 bridgehead atoms. The SMILES string of the molecule is CCCn1cc(I)c(=O)n(Cc2ccc(Cl)cc2F)c1=O. The van der Waals surface area contributed by atoms with Crippen LogP contribution in [0.4, 0.5) is 4.39 Å². The first-order chi connectivity index (χ1) is 9.93. The van der Waals surface area contributed by atoms with Crippen molar-refractivity contribution in [1.29, 1.82) is 0 Å². The van der Waals surface area contributed by atoms with E-state index in [9.17, 15) is 14.0 Å². The molecule has 1 aromatic heterocycles. The summed E-state index contributed by atoms with van der Waals surface area (Å²) in [5.74, 6) is -0.533. The molecule has 21 heavy (non-hydrogen) atoms. The van der Waals surface area contributed by atoms with E-state index in [-0.39, 0.29) is 17.1 Å². The lowest BCUT2D eigenvalue weighted by molar-refractivity contribution is 0.548. The Labute approximate surface area is 139 Å². The van der Waals surface area contributed by atoms with Gasteiger partial charge in [0.25, 0.3) is 5.56 Å². The Hall–Kier alpha value is -1.15. The minimum absolute atomic E-state index is 0.110. The first kappa shape index (κ1) is 16.2. The van der Waals surface area contributed by atoms with Crippen LogP contribution < -0.4 is 11.2 Å². The number of halogens is 3. The molecule has 0 fully saturated rings. The normalized spacial score (nSPS) is 10.9. The van der Waals surface area contributed by atoms with Crippen molar-refractivity contribution in [2.75, 3.05) is 0 Å². The van der Waals surface area contributed by atoms with E-state index in [2.05, 4.69) is 0 Å². The highest BCUT2D eigenvalue weighted by molar-refractivity contribution is 14.1. The van der Waals surface area contributed by atoms with Crippen LogP contribution in [0.25, 0.3) is 0 Å². The maximum Gasteiger partial charge on any atom is 0.331 e. The average Bonchev–Trinajstić information content (AvgIpc) is 2.43. The standard InChI is InChI=1S/C14H13ClFIN2O2/c1-2-5-18-8-12(17)13(20)19(14(18)21)7-9-3-4-10(15)6-11(9)16/h3-4,6,8H,2,5,7H2,1H3. The monoisotopic (exact) mass is 422 g/mol. The summed E-state index contributed by atoms with van der Waals surface area (Å²) in [4.78, 5) is 24.4. The van der Waals surface area contributed by atoms with E-state index in [1.165, 1.54) is 29.0 Å². The highest BCUT2D eigenvalue weighted by Gasteiger charge is 2.12. The van der Waals surface area contributed by atoms with E-state index in [4.69, 9.17) is 11.6 Å².